The van der Waals surface area contributed by atoms with Crippen LogP contribution in [0.15, 0.2) is 35.2 Å². The predicted octanol–water partition coefficient (Wildman–Crippen LogP) is 0.610. The zero-order chi connectivity index (χ0) is 12.2. The van der Waals surface area contributed by atoms with E-state index in [9.17, 15) is 13.2 Å². The fourth-order valence-corrected chi connectivity index (χ4v) is 2.52. The molecule has 0 saturated heterocycles. The predicted molar refractivity (Wildman–Crippen MR) is 58.5 cm³/mol. The van der Waals surface area contributed by atoms with Gasteiger partial charge >= 0.3 is 5.97 Å². The van der Waals surface area contributed by atoms with Crippen molar-refractivity contribution in [3.8, 4) is 0 Å². The number of nitrogens with two attached hydrogens (primary N) is 1. The Kier molecular flexibility index (Phi) is 4.03. The lowest BCUT2D eigenvalue weighted by Gasteiger charge is -2.11. The van der Waals surface area contributed by atoms with Crippen LogP contribution >= 0.6 is 0 Å². The van der Waals surface area contributed by atoms with Crippen molar-refractivity contribution in [2.75, 3.05) is 0 Å². The van der Waals surface area contributed by atoms with E-state index < -0.39 is 21.2 Å². The number of carboxylic acid groups (broad SMARTS) is 1. The van der Waals surface area contributed by atoms with Gasteiger partial charge in [0.05, 0.1) is 4.90 Å². The summed E-state index contributed by atoms with van der Waals surface area (Å²) in [4.78, 5) is 10.4. The van der Waals surface area contributed by atoms with E-state index in [0.29, 0.717) is 0 Å². The largest absolute Gasteiger partial charge is 0.481 e. The lowest BCUT2D eigenvalue weighted by Crippen LogP contribution is -2.31. The molecule has 0 bridgehead atoms. The zero-order valence-corrected chi connectivity index (χ0v) is 9.35. The van der Waals surface area contributed by atoms with E-state index >= 15 is 0 Å². The molecule has 0 aliphatic rings. The third-order valence-electron chi connectivity index (χ3n) is 2.11. The van der Waals surface area contributed by atoms with Gasteiger partial charge in [0, 0.05) is 6.42 Å². The molecular formula is C10H13NO4S. The van der Waals surface area contributed by atoms with Gasteiger partial charge in [0.1, 0.15) is 5.37 Å². The highest BCUT2D eigenvalue weighted by molar-refractivity contribution is 7.92. The standard InChI is InChI=1S/C10H13NO4S/c11-9(6-7-10(12)13)16(14,15)8-4-2-1-3-5-8/h1-5,9H,6-7,11H2,(H,12,13). The Morgan fingerprint density at radius 3 is 2.38 bits per heavy atom. The molecular weight excluding hydrogens is 230 g/mol. The monoisotopic (exact) mass is 243 g/mol. The van der Waals surface area contributed by atoms with Gasteiger partial charge < -0.3 is 10.8 Å². The smallest absolute Gasteiger partial charge is 0.303 e. The number of rotatable bonds is 5. The summed E-state index contributed by atoms with van der Waals surface area (Å²) in [5, 5.41) is 7.27. The molecule has 3 N–H and O–H groups in total. The van der Waals surface area contributed by atoms with Crippen LogP contribution in [0.25, 0.3) is 0 Å². The van der Waals surface area contributed by atoms with Crippen molar-refractivity contribution in [2.24, 2.45) is 5.73 Å². The van der Waals surface area contributed by atoms with Gasteiger partial charge in [-0.2, -0.15) is 0 Å². The molecule has 16 heavy (non-hydrogen) atoms. The number of sulfone groups is 1. The van der Waals surface area contributed by atoms with Crippen LogP contribution in [-0.2, 0) is 14.6 Å². The molecule has 0 radical (unpaired) electrons. The van der Waals surface area contributed by atoms with Crippen molar-refractivity contribution in [1.29, 1.82) is 0 Å². The maximum Gasteiger partial charge on any atom is 0.303 e. The highest BCUT2D eigenvalue weighted by Crippen LogP contribution is 2.15. The summed E-state index contributed by atoms with van der Waals surface area (Å²) in [6.07, 6.45) is -0.347. The van der Waals surface area contributed by atoms with Gasteiger partial charge in [0.15, 0.2) is 9.84 Å². The van der Waals surface area contributed by atoms with Crippen LogP contribution in [0.3, 0.4) is 0 Å². The van der Waals surface area contributed by atoms with E-state index in [4.69, 9.17) is 10.8 Å². The number of carbonyl (C=O) groups is 1. The number of carboxylic acids is 1. The average Bonchev–Trinajstić information content (AvgIpc) is 2.27. The second-order valence-corrected chi connectivity index (χ2v) is 5.50. The lowest BCUT2D eigenvalue weighted by atomic mass is 10.3. The third-order valence-corrected chi connectivity index (χ3v) is 4.08. The van der Waals surface area contributed by atoms with Crippen molar-refractivity contribution < 1.29 is 18.3 Å². The molecule has 5 nitrogen and oxygen atoms in total. The minimum atomic E-state index is -3.62. The quantitative estimate of drug-likeness (QED) is 0.789. The zero-order valence-electron chi connectivity index (χ0n) is 8.54. The van der Waals surface area contributed by atoms with Crippen LogP contribution in [0.2, 0.25) is 0 Å². The number of hydrogen-bond acceptors (Lipinski definition) is 4. The Hall–Kier alpha value is -1.40. The van der Waals surface area contributed by atoms with Crippen molar-refractivity contribution in [3.05, 3.63) is 30.3 Å². The van der Waals surface area contributed by atoms with E-state index in [1.807, 2.05) is 0 Å². The van der Waals surface area contributed by atoms with Gasteiger partial charge in [0.2, 0.25) is 0 Å². The summed E-state index contributed by atoms with van der Waals surface area (Å²) in [5.41, 5.74) is 5.48. The van der Waals surface area contributed by atoms with E-state index in [1.165, 1.54) is 12.1 Å². The maximum absolute atomic E-state index is 11.8. The van der Waals surface area contributed by atoms with Crippen LogP contribution in [-0.4, -0.2) is 24.9 Å². The van der Waals surface area contributed by atoms with Crippen molar-refractivity contribution >= 4 is 15.8 Å². The van der Waals surface area contributed by atoms with Crippen molar-refractivity contribution in [1.82, 2.24) is 0 Å². The van der Waals surface area contributed by atoms with Gasteiger partial charge in [-0.3, -0.25) is 4.79 Å². The van der Waals surface area contributed by atoms with E-state index in [1.54, 1.807) is 18.2 Å². The second kappa shape index (κ2) is 5.09. The fraction of sp³-hybridized carbons (Fsp3) is 0.300. The molecule has 0 amide bonds. The number of aliphatic carboxylic acids is 1. The Labute approximate surface area is 93.8 Å². The van der Waals surface area contributed by atoms with Crippen LogP contribution in [0.1, 0.15) is 12.8 Å². The summed E-state index contributed by atoms with van der Waals surface area (Å²) in [5.74, 6) is -1.06. The Balaban J connectivity index is 2.82. The first-order chi connectivity index (χ1) is 7.44. The maximum atomic E-state index is 11.8. The van der Waals surface area contributed by atoms with E-state index in [0.717, 1.165) is 0 Å². The summed E-state index contributed by atoms with van der Waals surface area (Å²) in [6, 6.07) is 7.77. The number of benzene rings is 1. The topological polar surface area (TPSA) is 97.5 Å². The molecule has 0 aromatic heterocycles. The molecule has 1 atom stereocenters. The second-order valence-electron chi connectivity index (χ2n) is 3.33. The van der Waals surface area contributed by atoms with Gasteiger partial charge in [0.25, 0.3) is 0 Å². The van der Waals surface area contributed by atoms with Gasteiger partial charge in [-0.25, -0.2) is 8.42 Å². The minimum Gasteiger partial charge on any atom is -0.481 e. The molecule has 6 heteroatoms. The molecule has 1 aromatic carbocycles. The average molecular weight is 243 g/mol. The normalized spacial score (nSPS) is 13.3. The van der Waals surface area contributed by atoms with E-state index in [-0.39, 0.29) is 17.7 Å². The summed E-state index contributed by atoms with van der Waals surface area (Å²) in [7, 11) is -3.62. The first kappa shape index (κ1) is 12.7. The molecule has 1 rings (SSSR count). The Bertz CT molecular complexity index is 455. The van der Waals surface area contributed by atoms with Crippen LogP contribution in [0.5, 0.6) is 0 Å². The molecule has 0 spiro atoms. The molecule has 88 valence electrons. The van der Waals surface area contributed by atoms with Gasteiger partial charge in [-0.1, -0.05) is 18.2 Å². The lowest BCUT2D eigenvalue weighted by molar-refractivity contribution is -0.137. The highest BCUT2D eigenvalue weighted by Gasteiger charge is 2.23. The minimum absolute atomic E-state index is 0.0907. The Morgan fingerprint density at radius 1 is 1.31 bits per heavy atom. The third kappa shape index (κ3) is 3.04. The van der Waals surface area contributed by atoms with Crippen LogP contribution < -0.4 is 5.73 Å². The van der Waals surface area contributed by atoms with Crippen LogP contribution in [0.4, 0.5) is 0 Å². The van der Waals surface area contributed by atoms with Crippen molar-refractivity contribution in [2.45, 2.75) is 23.1 Å². The summed E-state index contributed by atoms with van der Waals surface area (Å²) < 4.78 is 23.7. The number of hydrogen-bond donors (Lipinski definition) is 2. The molecule has 0 aliphatic heterocycles. The Morgan fingerprint density at radius 2 is 1.88 bits per heavy atom. The molecule has 1 unspecified atom stereocenters. The molecule has 0 heterocycles. The SMILES string of the molecule is NC(CCC(=O)O)S(=O)(=O)c1ccccc1. The van der Waals surface area contributed by atoms with Gasteiger partial charge in [-0.15, -0.1) is 0 Å². The molecule has 0 saturated carbocycles. The van der Waals surface area contributed by atoms with Gasteiger partial charge in [-0.05, 0) is 18.6 Å². The summed E-state index contributed by atoms with van der Waals surface area (Å²) >= 11 is 0. The fourth-order valence-electron chi connectivity index (χ4n) is 1.21. The van der Waals surface area contributed by atoms with Crippen LogP contribution in [0, 0.1) is 0 Å². The molecule has 1 aromatic rings. The molecule has 0 fully saturated rings. The van der Waals surface area contributed by atoms with E-state index in [2.05, 4.69) is 0 Å². The molecule has 0 aliphatic carbocycles. The van der Waals surface area contributed by atoms with Crippen molar-refractivity contribution in [3.63, 3.8) is 0 Å². The first-order valence-electron chi connectivity index (χ1n) is 4.71. The first-order valence-corrected chi connectivity index (χ1v) is 6.25. The highest BCUT2D eigenvalue weighted by atomic mass is 32.2. The summed E-state index contributed by atoms with van der Waals surface area (Å²) in [6.45, 7) is 0.